The summed E-state index contributed by atoms with van der Waals surface area (Å²) in [7, 11) is 0. The fourth-order valence-corrected chi connectivity index (χ4v) is 1.30. The summed E-state index contributed by atoms with van der Waals surface area (Å²) in [6.45, 7) is 1.79. The molecule has 0 heterocycles. The fraction of sp³-hybridized carbons (Fsp3) is 0.167. The maximum Gasteiger partial charge on any atom is 0.330 e. The summed E-state index contributed by atoms with van der Waals surface area (Å²) < 4.78 is 30.9. The molecule has 102 valence electrons. The molecule has 0 aliphatic carbocycles. The quantitative estimate of drug-likeness (QED) is 0.527. The third kappa shape index (κ3) is 4.33. The first-order valence-electron chi connectivity index (χ1n) is 5.25. The molecular weight excluding hydrogens is 280 g/mol. The van der Waals surface area contributed by atoms with Crippen molar-refractivity contribution in [1.82, 2.24) is 0 Å². The summed E-state index contributed by atoms with van der Waals surface area (Å²) in [4.78, 5) is 22.3. The molecule has 1 aromatic rings. The highest BCUT2D eigenvalue weighted by Crippen LogP contribution is 2.25. The van der Waals surface area contributed by atoms with Crippen LogP contribution in [-0.2, 0) is 14.3 Å². The van der Waals surface area contributed by atoms with E-state index in [0.717, 1.165) is 24.3 Å². The second-order valence-corrected chi connectivity index (χ2v) is 3.68. The molecule has 0 radical (unpaired) electrons. The Morgan fingerprint density at radius 1 is 1.37 bits per heavy atom. The van der Waals surface area contributed by atoms with E-state index in [1.165, 1.54) is 0 Å². The van der Waals surface area contributed by atoms with Crippen LogP contribution in [0, 0.1) is 11.6 Å². The van der Waals surface area contributed by atoms with E-state index in [1.807, 2.05) is 0 Å². The number of carbonyl (C=O) groups is 2. The Labute approximate surface area is 113 Å². The topological polar surface area (TPSA) is 55.4 Å². The van der Waals surface area contributed by atoms with E-state index in [0.29, 0.717) is 0 Å². The summed E-state index contributed by atoms with van der Waals surface area (Å²) in [6, 6.07) is 1.93. The van der Waals surface area contributed by atoms with Gasteiger partial charge in [-0.1, -0.05) is 11.6 Å². The maximum absolute atomic E-state index is 13.4. The van der Waals surface area contributed by atoms with E-state index in [4.69, 9.17) is 11.6 Å². The van der Waals surface area contributed by atoms with Crippen LogP contribution in [0.4, 0.5) is 14.5 Å². The van der Waals surface area contributed by atoms with Crippen LogP contribution in [0.5, 0.6) is 0 Å². The van der Waals surface area contributed by atoms with Crippen LogP contribution in [0.2, 0.25) is 5.02 Å². The lowest BCUT2D eigenvalue weighted by Crippen LogP contribution is -2.11. The van der Waals surface area contributed by atoms with Gasteiger partial charge in [0.05, 0.1) is 12.3 Å². The van der Waals surface area contributed by atoms with Crippen LogP contribution in [0.25, 0.3) is 0 Å². The lowest BCUT2D eigenvalue weighted by atomic mass is 10.3. The van der Waals surface area contributed by atoms with Crippen molar-refractivity contribution in [2.24, 2.45) is 0 Å². The highest BCUT2D eigenvalue weighted by molar-refractivity contribution is 6.31. The SMILES string of the molecule is CCOC(=O)/C=C/C(=O)Nc1ccc(F)c(Cl)c1F. The Morgan fingerprint density at radius 2 is 2.05 bits per heavy atom. The standard InChI is InChI=1S/C12H10ClF2NO3/c1-2-19-10(18)6-5-9(17)16-8-4-3-7(14)11(13)12(8)15/h3-6H,2H2,1H3,(H,16,17)/b6-5+. The molecule has 1 N–H and O–H groups in total. The molecule has 0 bridgehead atoms. The number of anilines is 1. The van der Waals surface area contributed by atoms with Crippen molar-refractivity contribution >= 4 is 29.2 Å². The smallest absolute Gasteiger partial charge is 0.330 e. The van der Waals surface area contributed by atoms with Crippen LogP contribution >= 0.6 is 11.6 Å². The summed E-state index contributed by atoms with van der Waals surface area (Å²) in [6.07, 6.45) is 1.76. The third-order valence-corrected chi connectivity index (χ3v) is 2.30. The van der Waals surface area contributed by atoms with Gasteiger partial charge in [0.1, 0.15) is 10.8 Å². The van der Waals surface area contributed by atoms with Crippen molar-refractivity contribution in [2.75, 3.05) is 11.9 Å². The number of rotatable bonds is 4. The Bertz CT molecular complexity index is 532. The number of carbonyl (C=O) groups excluding carboxylic acids is 2. The van der Waals surface area contributed by atoms with E-state index in [2.05, 4.69) is 10.1 Å². The van der Waals surface area contributed by atoms with E-state index >= 15 is 0 Å². The molecule has 1 rings (SSSR count). The largest absolute Gasteiger partial charge is 0.463 e. The van der Waals surface area contributed by atoms with Crippen molar-refractivity contribution in [3.63, 3.8) is 0 Å². The second kappa shape index (κ2) is 6.84. The van der Waals surface area contributed by atoms with E-state index in [-0.39, 0.29) is 12.3 Å². The minimum absolute atomic E-state index is 0.174. The van der Waals surface area contributed by atoms with Gasteiger partial charge in [-0.15, -0.1) is 0 Å². The van der Waals surface area contributed by atoms with Gasteiger partial charge in [0.25, 0.3) is 0 Å². The van der Waals surface area contributed by atoms with Gasteiger partial charge in [-0.05, 0) is 19.1 Å². The van der Waals surface area contributed by atoms with Crippen molar-refractivity contribution in [3.05, 3.63) is 40.9 Å². The predicted octanol–water partition coefficient (Wildman–Crippen LogP) is 2.68. The fourth-order valence-electron chi connectivity index (χ4n) is 1.13. The first-order valence-corrected chi connectivity index (χ1v) is 5.62. The number of ether oxygens (including phenoxy) is 1. The predicted molar refractivity (Wildman–Crippen MR) is 65.8 cm³/mol. The lowest BCUT2D eigenvalue weighted by Gasteiger charge is -2.05. The number of amides is 1. The van der Waals surface area contributed by atoms with Gasteiger partial charge in [0.15, 0.2) is 5.82 Å². The average molecular weight is 290 g/mol. The van der Waals surface area contributed by atoms with Crippen LogP contribution in [0.1, 0.15) is 6.92 Å². The highest BCUT2D eigenvalue weighted by Gasteiger charge is 2.12. The van der Waals surface area contributed by atoms with Gasteiger partial charge < -0.3 is 10.1 Å². The Balaban J connectivity index is 2.73. The van der Waals surface area contributed by atoms with Crippen molar-refractivity contribution in [3.8, 4) is 0 Å². The normalized spacial score (nSPS) is 10.5. The Morgan fingerprint density at radius 3 is 2.68 bits per heavy atom. The summed E-state index contributed by atoms with van der Waals surface area (Å²) >= 11 is 5.34. The zero-order valence-corrected chi connectivity index (χ0v) is 10.6. The minimum Gasteiger partial charge on any atom is -0.463 e. The summed E-state index contributed by atoms with van der Waals surface area (Å²) in [5.74, 6) is -3.48. The van der Waals surface area contributed by atoms with Gasteiger partial charge in [-0.2, -0.15) is 0 Å². The first-order chi connectivity index (χ1) is 8.95. The molecule has 1 amide bonds. The average Bonchev–Trinajstić information content (AvgIpc) is 2.37. The number of hydrogen-bond donors (Lipinski definition) is 1. The minimum atomic E-state index is -1.08. The molecule has 0 fully saturated rings. The third-order valence-electron chi connectivity index (χ3n) is 1.95. The molecule has 0 aliphatic heterocycles. The number of esters is 1. The molecule has 0 aromatic heterocycles. The van der Waals surface area contributed by atoms with Crippen LogP contribution in [-0.4, -0.2) is 18.5 Å². The van der Waals surface area contributed by atoms with E-state index < -0.39 is 28.5 Å². The van der Waals surface area contributed by atoms with Gasteiger partial charge in [-0.25, -0.2) is 13.6 Å². The van der Waals surface area contributed by atoms with Crippen LogP contribution < -0.4 is 5.32 Å². The van der Waals surface area contributed by atoms with Gasteiger partial charge in [0, 0.05) is 12.2 Å². The van der Waals surface area contributed by atoms with Crippen molar-refractivity contribution in [2.45, 2.75) is 6.92 Å². The molecular formula is C12H10ClF2NO3. The Kier molecular flexibility index (Phi) is 5.44. The molecule has 7 heteroatoms. The molecule has 0 spiro atoms. The van der Waals surface area contributed by atoms with Gasteiger partial charge in [-0.3, -0.25) is 4.79 Å². The number of nitrogens with one attached hydrogen (secondary N) is 1. The maximum atomic E-state index is 13.4. The zero-order valence-electron chi connectivity index (χ0n) is 9.88. The number of benzene rings is 1. The van der Waals surface area contributed by atoms with E-state index in [9.17, 15) is 18.4 Å². The monoisotopic (exact) mass is 289 g/mol. The number of hydrogen-bond acceptors (Lipinski definition) is 3. The molecule has 1 aromatic carbocycles. The Hall–Kier alpha value is -1.95. The molecule has 0 aliphatic rings. The first kappa shape index (κ1) is 15.1. The van der Waals surface area contributed by atoms with Crippen molar-refractivity contribution < 1.29 is 23.1 Å². The van der Waals surface area contributed by atoms with Gasteiger partial charge >= 0.3 is 5.97 Å². The molecule has 0 saturated heterocycles. The summed E-state index contributed by atoms with van der Waals surface area (Å²) in [5, 5.41) is 1.40. The lowest BCUT2D eigenvalue weighted by molar-refractivity contribution is -0.137. The summed E-state index contributed by atoms with van der Waals surface area (Å²) in [5.41, 5.74) is -0.287. The zero-order chi connectivity index (χ0) is 14.4. The highest BCUT2D eigenvalue weighted by atomic mass is 35.5. The molecule has 0 unspecified atom stereocenters. The van der Waals surface area contributed by atoms with Crippen LogP contribution in [0.3, 0.4) is 0 Å². The van der Waals surface area contributed by atoms with Gasteiger partial charge in [0.2, 0.25) is 5.91 Å². The molecule has 19 heavy (non-hydrogen) atoms. The van der Waals surface area contributed by atoms with E-state index in [1.54, 1.807) is 6.92 Å². The number of halogens is 3. The molecule has 0 saturated carbocycles. The molecule has 0 atom stereocenters. The second-order valence-electron chi connectivity index (χ2n) is 3.30. The van der Waals surface area contributed by atoms with Crippen LogP contribution in [0.15, 0.2) is 24.3 Å². The van der Waals surface area contributed by atoms with Crippen molar-refractivity contribution in [1.29, 1.82) is 0 Å². The molecule has 4 nitrogen and oxygen atoms in total.